The molecule has 2 bridgehead atoms. The van der Waals surface area contributed by atoms with Crippen LogP contribution in [-0.4, -0.2) is 32.8 Å². The minimum absolute atomic E-state index is 0.0637. The lowest BCUT2D eigenvalue weighted by Gasteiger charge is -2.41. The standard InChI is InChI=1S/C10H19N3/c1-11-9-7-4-5-8(6-7)10(9,12-2)13-3/h4-5,7-9,11-13H,6H2,1-3H3. The summed E-state index contributed by atoms with van der Waals surface area (Å²) in [6.45, 7) is 0. The summed E-state index contributed by atoms with van der Waals surface area (Å²) in [5.41, 5.74) is 0.0637. The van der Waals surface area contributed by atoms with Gasteiger partial charge in [0.2, 0.25) is 0 Å². The summed E-state index contributed by atoms with van der Waals surface area (Å²) >= 11 is 0. The summed E-state index contributed by atoms with van der Waals surface area (Å²) in [4.78, 5) is 0. The molecule has 0 radical (unpaired) electrons. The maximum atomic E-state index is 3.43. The average Bonchev–Trinajstić information content (AvgIpc) is 2.74. The zero-order valence-electron chi connectivity index (χ0n) is 8.59. The first-order valence-electron chi connectivity index (χ1n) is 5.02. The zero-order valence-corrected chi connectivity index (χ0v) is 8.59. The van der Waals surface area contributed by atoms with Crippen LogP contribution in [0.2, 0.25) is 0 Å². The van der Waals surface area contributed by atoms with Gasteiger partial charge in [0, 0.05) is 12.0 Å². The minimum atomic E-state index is 0.0637. The second-order valence-corrected chi connectivity index (χ2v) is 4.03. The van der Waals surface area contributed by atoms with Crippen molar-refractivity contribution in [1.29, 1.82) is 0 Å². The summed E-state index contributed by atoms with van der Waals surface area (Å²) < 4.78 is 0. The highest BCUT2D eigenvalue weighted by Crippen LogP contribution is 2.44. The molecule has 3 N–H and O–H groups in total. The molecule has 1 saturated carbocycles. The Morgan fingerprint density at radius 3 is 2.31 bits per heavy atom. The lowest BCUT2D eigenvalue weighted by Crippen LogP contribution is -2.67. The van der Waals surface area contributed by atoms with Gasteiger partial charge in [-0.25, -0.2) is 0 Å². The van der Waals surface area contributed by atoms with E-state index in [0.717, 1.165) is 0 Å². The van der Waals surface area contributed by atoms with Gasteiger partial charge in [-0.2, -0.15) is 0 Å². The van der Waals surface area contributed by atoms with E-state index in [4.69, 9.17) is 0 Å². The van der Waals surface area contributed by atoms with Crippen LogP contribution >= 0.6 is 0 Å². The van der Waals surface area contributed by atoms with E-state index in [-0.39, 0.29) is 5.66 Å². The topological polar surface area (TPSA) is 36.1 Å². The molecule has 0 saturated heterocycles. The number of fused-ring (bicyclic) bond motifs is 2. The Bertz CT molecular complexity index is 220. The van der Waals surface area contributed by atoms with Crippen molar-refractivity contribution in [3.05, 3.63) is 12.2 Å². The molecular formula is C10H19N3. The van der Waals surface area contributed by atoms with E-state index in [1.54, 1.807) is 0 Å². The quantitative estimate of drug-likeness (QED) is 0.421. The number of hydrogen-bond acceptors (Lipinski definition) is 3. The fourth-order valence-electron chi connectivity index (χ4n) is 3.13. The van der Waals surface area contributed by atoms with E-state index < -0.39 is 0 Å². The molecule has 0 heterocycles. The molecule has 0 aromatic carbocycles. The van der Waals surface area contributed by atoms with Gasteiger partial charge in [0.1, 0.15) is 0 Å². The van der Waals surface area contributed by atoms with Crippen molar-refractivity contribution in [2.24, 2.45) is 11.8 Å². The van der Waals surface area contributed by atoms with Gasteiger partial charge in [0.25, 0.3) is 0 Å². The smallest absolute Gasteiger partial charge is 0.0910 e. The summed E-state index contributed by atoms with van der Waals surface area (Å²) in [6.07, 6.45) is 5.96. The van der Waals surface area contributed by atoms with Gasteiger partial charge >= 0.3 is 0 Å². The van der Waals surface area contributed by atoms with Crippen LogP contribution in [0.25, 0.3) is 0 Å². The van der Waals surface area contributed by atoms with Gasteiger partial charge < -0.3 is 16.0 Å². The van der Waals surface area contributed by atoms with Crippen LogP contribution in [0.1, 0.15) is 6.42 Å². The first kappa shape index (κ1) is 9.19. The summed E-state index contributed by atoms with van der Waals surface area (Å²) in [5, 5.41) is 10.3. The summed E-state index contributed by atoms with van der Waals surface area (Å²) in [6, 6.07) is 0.512. The van der Waals surface area contributed by atoms with Crippen LogP contribution in [0.15, 0.2) is 12.2 Å². The number of hydrogen-bond donors (Lipinski definition) is 3. The van der Waals surface area contributed by atoms with Crippen molar-refractivity contribution in [3.8, 4) is 0 Å². The fraction of sp³-hybridized carbons (Fsp3) is 0.800. The molecule has 13 heavy (non-hydrogen) atoms. The molecular weight excluding hydrogens is 162 g/mol. The predicted molar refractivity (Wildman–Crippen MR) is 54.4 cm³/mol. The molecule has 3 nitrogen and oxygen atoms in total. The molecule has 0 aromatic rings. The van der Waals surface area contributed by atoms with E-state index in [1.165, 1.54) is 6.42 Å². The molecule has 0 aromatic heterocycles. The molecule has 0 aliphatic heterocycles. The molecule has 0 amide bonds. The lowest BCUT2D eigenvalue weighted by atomic mass is 9.89. The fourth-order valence-corrected chi connectivity index (χ4v) is 3.13. The Labute approximate surface area is 80.0 Å². The third-order valence-electron chi connectivity index (χ3n) is 3.76. The van der Waals surface area contributed by atoms with Crippen molar-refractivity contribution < 1.29 is 0 Å². The van der Waals surface area contributed by atoms with Gasteiger partial charge in [-0.3, -0.25) is 0 Å². The van der Waals surface area contributed by atoms with Crippen LogP contribution in [0.4, 0.5) is 0 Å². The Balaban J connectivity index is 2.30. The predicted octanol–water partition coefficient (Wildman–Crippen LogP) is -0.0846. The molecule has 3 unspecified atom stereocenters. The van der Waals surface area contributed by atoms with Crippen molar-refractivity contribution in [3.63, 3.8) is 0 Å². The lowest BCUT2D eigenvalue weighted by molar-refractivity contribution is 0.193. The second-order valence-electron chi connectivity index (χ2n) is 4.03. The van der Waals surface area contributed by atoms with Gasteiger partial charge in [-0.1, -0.05) is 12.2 Å². The first-order chi connectivity index (χ1) is 6.28. The maximum Gasteiger partial charge on any atom is 0.0910 e. The zero-order chi connectivity index (χ0) is 9.47. The van der Waals surface area contributed by atoms with E-state index >= 15 is 0 Å². The van der Waals surface area contributed by atoms with E-state index in [1.807, 2.05) is 21.1 Å². The second kappa shape index (κ2) is 3.08. The average molecular weight is 181 g/mol. The Kier molecular flexibility index (Phi) is 2.18. The van der Waals surface area contributed by atoms with Crippen molar-refractivity contribution in [2.45, 2.75) is 18.1 Å². The minimum Gasteiger partial charge on any atom is -0.314 e. The van der Waals surface area contributed by atoms with Crippen LogP contribution in [0.3, 0.4) is 0 Å². The molecule has 74 valence electrons. The van der Waals surface area contributed by atoms with Gasteiger partial charge in [0.15, 0.2) is 0 Å². The van der Waals surface area contributed by atoms with Crippen LogP contribution in [0, 0.1) is 11.8 Å². The largest absolute Gasteiger partial charge is 0.314 e. The van der Waals surface area contributed by atoms with Crippen LogP contribution < -0.4 is 16.0 Å². The van der Waals surface area contributed by atoms with Crippen molar-refractivity contribution in [1.82, 2.24) is 16.0 Å². The third kappa shape index (κ3) is 1.01. The molecule has 2 aliphatic rings. The highest BCUT2D eigenvalue weighted by atomic mass is 15.2. The van der Waals surface area contributed by atoms with E-state index in [2.05, 4.69) is 28.1 Å². The Hall–Kier alpha value is -0.380. The van der Waals surface area contributed by atoms with Gasteiger partial charge in [-0.15, -0.1) is 0 Å². The van der Waals surface area contributed by atoms with Crippen LogP contribution in [0.5, 0.6) is 0 Å². The molecule has 2 rings (SSSR count). The molecule has 1 fully saturated rings. The Morgan fingerprint density at radius 2 is 1.85 bits per heavy atom. The number of likely N-dealkylation sites (N-methyl/N-ethyl adjacent to an activating group) is 3. The molecule has 3 heteroatoms. The maximum absolute atomic E-state index is 3.43. The summed E-state index contributed by atoms with van der Waals surface area (Å²) in [7, 11) is 6.12. The first-order valence-corrected chi connectivity index (χ1v) is 5.02. The van der Waals surface area contributed by atoms with E-state index in [9.17, 15) is 0 Å². The number of nitrogens with one attached hydrogen (secondary N) is 3. The highest BCUT2D eigenvalue weighted by Gasteiger charge is 2.53. The highest BCUT2D eigenvalue weighted by molar-refractivity contribution is 5.24. The molecule has 2 aliphatic carbocycles. The van der Waals surface area contributed by atoms with E-state index in [0.29, 0.717) is 17.9 Å². The van der Waals surface area contributed by atoms with Crippen molar-refractivity contribution in [2.75, 3.05) is 21.1 Å². The third-order valence-corrected chi connectivity index (χ3v) is 3.76. The van der Waals surface area contributed by atoms with Gasteiger partial charge in [-0.05, 0) is 33.5 Å². The van der Waals surface area contributed by atoms with Crippen molar-refractivity contribution >= 4 is 0 Å². The summed E-state index contributed by atoms with van der Waals surface area (Å²) in [5.74, 6) is 1.32. The monoisotopic (exact) mass is 181 g/mol. The number of rotatable bonds is 3. The van der Waals surface area contributed by atoms with Crippen LogP contribution in [-0.2, 0) is 0 Å². The Morgan fingerprint density at radius 1 is 1.15 bits per heavy atom. The molecule has 0 spiro atoms. The van der Waals surface area contributed by atoms with Gasteiger partial charge in [0.05, 0.1) is 5.66 Å². The molecule has 3 atom stereocenters. The SMILES string of the molecule is CNC1C2C=CC(C2)C1(NC)NC. The normalized spacial score (nSPS) is 40.1.